The molecule has 0 heterocycles. The monoisotopic (exact) mass is 375 g/mol. The Morgan fingerprint density at radius 2 is 1.39 bits per heavy atom. The van der Waals surface area contributed by atoms with Crippen molar-refractivity contribution < 1.29 is 9.47 Å². The number of allylic oxidation sites excluding steroid dienone is 3. The summed E-state index contributed by atoms with van der Waals surface area (Å²) in [6, 6.07) is 15.9. The summed E-state index contributed by atoms with van der Waals surface area (Å²) in [5.74, 6) is 1.74. The van der Waals surface area contributed by atoms with Gasteiger partial charge in [-0.15, -0.1) is 0 Å². The fourth-order valence-corrected chi connectivity index (χ4v) is 2.43. The molecular formula is C25H29NO2. The summed E-state index contributed by atoms with van der Waals surface area (Å²) in [5.41, 5.74) is 3.05. The summed E-state index contributed by atoms with van der Waals surface area (Å²) < 4.78 is 11.3. The van der Waals surface area contributed by atoms with Crippen LogP contribution in [0.15, 0.2) is 78.5 Å². The van der Waals surface area contributed by atoms with Crippen LogP contribution in [0.1, 0.15) is 38.8 Å². The summed E-state index contributed by atoms with van der Waals surface area (Å²) in [7, 11) is 0. The van der Waals surface area contributed by atoms with E-state index >= 15 is 0 Å². The molecule has 0 aliphatic heterocycles. The second-order valence-electron chi connectivity index (χ2n) is 6.92. The second-order valence-corrected chi connectivity index (χ2v) is 6.92. The van der Waals surface area contributed by atoms with Gasteiger partial charge in [0.2, 0.25) is 0 Å². The zero-order valence-electron chi connectivity index (χ0n) is 17.1. The molecule has 146 valence electrons. The first-order valence-electron chi connectivity index (χ1n) is 9.53. The summed E-state index contributed by atoms with van der Waals surface area (Å²) in [6.07, 6.45) is 9.63. The highest BCUT2D eigenvalue weighted by atomic mass is 16.5. The van der Waals surface area contributed by atoms with Crippen molar-refractivity contribution in [2.45, 2.75) is 39.9 Å². The van der Waals surface area contributed by atoms with Crippen LogP contribution in [0, 0.1) is 0 Å². The van der Waals surface area contributed by atoms with Gasteiger partial charge in [0.25, 0.3) is 0 Å². The fourth-order valence-electron chi connectivity index (χ4n) is 2.43. The average Bonchev–Trinajstić information content (AvgIpc) is 2.65. The zero-order valence-corrected chi connectivity index (χ0v) is 17.1. The van der Waals surface area contributed by atoms with Crippen molar-refractivity contribution in [2.24, 2.45) is 4.99 Å². The highest BCUT2D eigenvalue weighted by molar-refractivity contribution is 5.80. The summed E-state index contributed by atoms with van der Waals surface area (Å²) in [4.78, 5) is 4.27. The molecule has 0 saturated carbocycles. The normalized spacial score (nSPS) is 11.9. The minimum atomic E-state index is 0.171. The van der Waals surface area contributed by atoms with Gasteiger partial charge in [-0.25, -0.2) is 0 Å². The predicted octanol–water partition coefficient (Wildman–Crippen LogP) is 6.57. The highest BCUT2D eigenvalue weighted by Crippen LogP contribution is 2.19. The molecule has 0 amide bonds. The average molecular weight is 376 g/mol. The zero-order chi connectivity index (χ0) is 20.4. The molecule has 0 atom stereocenters. The van der Waals surface area contributed by atoms with Crippen LogP contribution < -0.4 is 9.47 Å². The molecule has 0 radical (unpaired) electrons. The first-order chi connectivity index (χ1) is 13.4. The molecule has 0 spiro atoms. The van der Waals surface area contributed by atoms with Gasteiger partial charge in [0.15, 0.2) is 0 Å². The molecule has 0 aliphatic carbocycles. The highest BCUT2D eigenvalue weighted by Gasteiger charge is 1.99. The SMILES string of the molecule is C=C(\C=C/C=N/C=C/c1ccc(OC(C)C)cc1)c1ccc(OC(C)C)cc1. The Bertz CT molecular complexity index is 826. The lowest BCUT2D eigenvalue weighted by Gasteiger charge is -2.10. The number of nitrogens with zero attached hydrogens (tertiary/aromatic N) is 1. The topological polar surface area (TPSA) is 30.8 Å². The molecular weight excluding hydrogens is 346 g/mol. The smallest absolute Gasteiger partial charge is 0.119 e. The van der Waals surface area contributed by atoms with E-state index in [4.69, 9.17) is 9.47 Å². The van der Waals surface area contributed by atoms with E-state index in [-0.39, 0.29) is 12.2 Å². The van der Waals surface area contributed by atoms with E-state index in [1.807, 2.05) is 94.5 Å². The van der Waals surface area contributed by atoms with Crippen molar-refractivity contribution in [1.29, 1.82) is 0 Å². The van der Waals surface area contributed by atoms with Crippen LogP contribution in [0.4, 0.5) is 0 Å². The molecule has 0 saturated heterocycles. The van der Waals surface area contributed by atoms with Crippen LogP contribution in [-0.2, 0) is 0 Å². The van der Waals surface area contributed by atoms with E-state index in [1.165, 1.54) is 0 Å². The van der Waals surface area contributed by atoms with Crippen LogP contribution in [0.2, 0.25) is 0 Å². The Morgan fingerprint density at radius 1 is 0.857 bits per heavy atom. The van der Waals surface area contributed by atoms with Crippen LogP contribution in [0.25, 0.3) is 11.6 Å². The van der Waals surface area contributed by atoms with Crippen molar-refractivity contribution in [3.8, 4) is 11.5 Å². The summed E-state index contributed by atoms with van der Waals surface area (Å²) >= 11 is 0. The van der Waals surface area contributed by atoms with E-state index in [2.05, 4.69) is 11.6 Å². The molecule has 2 aromatic carbocycles. The predicted molar refractivity (Wildman–Crippen MR) is 120 cm³/mol. The van der Waals surface area contributed by atoms with E-state index in [0.29, 0.717) is 0 Å². The maximum absolute atomic E-state index is 5.65. The third kappa shape index (κ3) is 7.67. The first kappa shape index (κ1) is 21.2. The maximum Gasteiger partial charge on any atom is 0.119 e. The molecule has 28 heavy (non-hydrogen) atoms. The number of benzene rings is 2. The number of hydrogen-bond donors (Lipinski definition) is 0. The Hall–Kier alpha value is -3.07. The molecule has 3 nitrogen and oxygen atoms in total. The number of aliphatic imine (C=N–C) groups is 1. The van der Waals surface area contributed by atoms with Crippen molar-refractivity contribution in [2.75, 3.05) is 0 Å². The van der Waals surface area contributed by atoms with E-state index in [9.17, 15) is 0 Å². The van der Waals surface area contributed by atoms with Gasteiger partial charge >= 0.3 is 0 Å². The second kappa shape index (κ2) is 10.9. The molecule has 0 aromatic heterocycles. The van der Waals surface area contributed by atoms with E-state index in [1.54, 1.807) is 12.4 Å². The van der Waals surface area contributed by atoms with E-state index < -0.39 is 0 Å². The summed E-state index contributed by atoms with van der Waals surface area (Å²) in [6.45, 7) is 12.1. The molecule has 2 aromatic rings. The fraction of sp³-hybridized carbons (Fsp3) is 0.240. The van der Waals surface area contributed by atoms with Gasteiger partial charge in [-0.3, -0.25) is 4.99 Å². The van der Waals surface area contributed by atoms with Gasteiger partial charge in [0, 0.05) is 12.4 Å². The van der Waals surface area contributed by atoms with Gasteiger partial charge in [0.1, 0.15) is 11.5 Å². The molecule has 0 aliphatic rings. The molecule has 0 N–H and O–H groups in total. The van der Waals surface area contributed by atoms with Gasteiger partial charge in [0.05, 0.1) is 12.2 Å². The molecule has 3 heteroatoms. The molecule has 0 bridgehead atoms. The molecule has 0 fully saturated rings. The molecule has 2 rings (SSSR count). The largest absolute Gasteiger partial charge is 0.491 e. The Labute approximate surface area is 168 Å². The van der Waals surface area contributed by atoms with Gasteiger partial charge in [-0.05, 0) is 80.8 Å². The third-order valence-corrected chi connectivity index (χ3v) is 3.67. The Balaban J connectivity index is 1.83. The number of hydrogen-bond acceptors (Lipinski definition) is 3. The Kier molecular flexibility index (Phi) is 8.29. The quantitative estimate of drug-likeness (QED) is 0.366. The lowest BCUT2D eigenvalue weighted by atomic mass is 10.1. The summed E-state index contributed by atoms with van der Waals surface area (Å²) in [5, 5.41) is 0. The van der Waals surface area contributed by atoms with Gasteiger partial charge < -0.3 is 9.47 Å². The minimum Gasteiger partial charge on any atom is -0.491 e. The van der Waals surface area contributed by atoms with Crippen molar-refractivity contribution in [3.05, 3.63) is 84.6 Å². The maximum atomic E-state index is 5.65. The van der Waals surface area contributed by atoms with Crippen molar-refractivity contribution in [3.63, 3.8) is 0 Å². The lowest BCUT2D eigenvalue weighted by molar-refractivity contribution is 0.242. The van der Waals surface area contributed by atoms with E-state index in [0.717, 1.165) is 28.2 Å². The van der Waals surface area contributed by atoms with Crippen LogP contribution in [0.5, 0.6) is 11.5 Å². The van der Waals surface area contributed by atoms with Crippen LogP contribution in [0.3, 0.4) is 0 Å². The standard InChI is InChI=1S/C25H29NO2/c1-19(2)27-24-12-8-22(9-13-24)16-18-26-17-6-7-21(5)23-10-14-25(15-11-23)28-20(3)4/h6-20H,5H2,1-4H3/b7-6-,18-16+,26-17+. The van der Waals surface area contributed by atoms with Crippen molar-refractivity contribution in [1.82, 2.24) is 0 Å². The third-order valence-electron chi connectivity index (χ3n) is 3.67. The minimum absolute atomic E-state index is 0.171. The number of rotatable bonds is 9. The molecule has 0 unspecified atom stereocenters. The lowest BCUT2D eigenvalue weighted by Crippen LogP contribution is -2.05. The van der Waals surface area contributed by atoms with Crippen LogP contribution in [-0.4, -0.2) is 18.4 Å². The van der Waals surface area contributed by atoms with Crippen LogP contribution >= 0.6 is 0 Å². The van der Waals surface area contributed by atoms with Gasteiger partial charge in [-0.1, -0.05) is 36.9 Å². The van der Waals surface area contributed by atoms with Crippen molar-refractivity contribution >= 4 is 17.9 Å². The first-order valence-corrected chi connectivity index (χ1v) is 9.53. The number of ether oxygens (including phenoxy) is 2. The Morgan fingerprint density at radius 3 is 1.93 bits per heavy atom. The van der Waals surface area contributed by atoms with Gasteiger partial charge in [-0.2, -0.15) is 0 Å².